The minimum atomic E-state index is -0.154. The molecule has 0 atom stereocenters. The van der Waals surface area contributed by atoms with Crippen LogP contribution in [0.3, 0.4) is 0 Å². The van der Waals surface area contributed by atoms with Crippen LogP contribution in [0.1, 0.15) is 23.0 Å². The van der Waals surface area contributed by atoms with Gasteiger partial charge in [0.25, 0.3) is 5.91 Å². The molecule has 5 nitrogen and oxygen atoms in total. The van der Waals surface area contributed by atoms with E-state index in [9.17, 15) is 4.79 Å². The van der Waals surface area contributed by atoms with Gasteiger partial charge in [0.2, 0.25) is 0 Å². The Bertz CT molecular complexity index is 322. The monoisotopic (exact) mass is 227 g/mol. The van der Waals surface area contributed by atoms with Crippen molar-refractivity contribution in [2.45, 2.75) is 13.3 Å². The molecule has 5 heteroatoms. The van der Waals surface area contributed by atoms with Crippen molar-refractivity contribution in [3.8, 4) is 0 Å². The summed E-state index contributed by atoms with van der Waals surface area (Å²) in [7, 11) is 0. The summed E-state index contributed by atoms with van der Waals surface area (Å²) in [6, 6.07) is 1.66. The zero-order chi connectivity index (χ0) is 11.8. The third-order valence-corrected chi connectivity index (χ3v) is 2.08. The molecule has 16 heavy (non-hydrogen) atoms. The molecular weight excluding hydrogens is 210 g/mol. The number of carbonyl (C=O) groups is 1. The number of rotatable bonds is 7. The van der Waals surface area contributed by atoms with Crippen molar-refractivity contribution in [3.63, 3.8) is 0 Å². The molecule has 1 aromatic heterocycles. The van der Waals surface area contributed by atoms with E-state index in [-0.39, 0.29) is 12.5 Å². The van der Waals surface area contributed by atoms with Crippen LogP contribution in [0.4, 0.5) is 0 Å². The molecule has 0 fully saturated rings. The van der Waals surface area contributed by atoms with Crippen LogP contribution < -0.4 is 5.32 Å². The van der Waals surface area contributed by atoms with Gasteiger partial charge in [0.1, 0.15) is 5.76 Å². The number of hydrogen-bond acceptors (Lipinski definition) is 4. The molecular formula is C11H17NO4. The molecule has 1 heterocycles. The van der Waals surface area contributed by atoms with Crippen LogP contribution in [0.2, 0.25) is 0 Å². The van der Waals surface area contributed by atoms with Gasteiger partial charge in [0.05, 0.1) is 31.6 Å². The maximum Gasteiger partial charge on any atom is 0.254 e. The third-order valence-electron chi connectivity index (χ3n) is 2.08. The first-order valence-electron chi connectivity index (χ1n) is 5.32. The first-order valence-corrected chi connectivity index (χ1v) is 5.32. The molecule has 1 aromatic rings. The Morgan fingerprint density at radius 2 is 2.38 bits per heavy atom. The summed E-state index contributed by atoms with van der Waals surface area (Å²) in [5.74, 6) is 0.534. The Labute approximate surface area is 94.4 Å². The molecule has 0 saturated carbocycles. The standard InChI is InChI=1S/C11H17NO4/c1-2-10-9(3-6-16-10)11(14)12-4-7-15-8-5-13/h3,6,13H,2,4-5,7-8H2,1H3,(H,12,14). The summed E-state index contributed by atoms with van der Waals surface area (Å²) in [5, 5.41) is 11.2. The molecule has 0 unspecified atom stereocenters. The van der Waals surface area contributed by atoms with Crippen molar-refractivity contribution in [1.29, 1.82) is 0 Å². The summed E-state index contributed by atoms with van der Waals surface area (Å²) >= 11 is 0. The van der Waals surface area contributed by atoms with E-state index in [2.05, 4.69) is 5.32 Å². The smallest absolute Gasteiger partial charge is 0.254 e. The van der Waals surface area contributed by atoms with E-state index < -0.39 is 0 Å². The average Bonchev–Trinajstić information content (AvgIpc) is 2.76. The van der Waals surface area contributed by atoms with Crippen LogP contribution in [-0.2, 0) is 11.2 Å². The minimum Gasteiger partial charge on any atom is -0.469 e. The highest BCUT2D eigenvalue weighted by atomic mass is 16.5. The van der Waals surface area contributed by atoms with Crippen molar-refractivity contribution in [2.24, 2.45) is 0 Å². The van der Waals surface area contributed by atoms with Gasteiger partial charge in [-0.15, -0.1) is 0 Å². The lowest BCUT2D eigenvalue weighted by Gasteiger charge is -2.05. The molecule has 0 aliphatic rings. The van der Waals surface area contributed by atoms with Gasteiger partial charge in [0, 0.05) is 13.0 Å². The van der Waals surface area contributed by atoms with Gasteiger partial charge < -0.3 is 19.6 Å². The molecule has 1 amide bonds. The molecule has 0 aliphatic carbocycles. The van der Waals surface area contributed by atoms with E-state index in [1.165, 1.54) is 6.26 Å². The normalized spacial score (nSPS) is 10.4. The van der Waals surface area contributed by atoms with Crippen LogP contribution in [0, 0.1) is 0 Å². The summed E-state index contributed by atoms with van der Waals surface area (Å²) < 4.78 is 10.2. The van der Waals surface area contributed by atoms with Gasteiger partial charge in [-0.1, -0.05) is 6.92 Å². The lowest BCUT2D eigenvalue weighted by molar-refractivity contribution is 0.0837. The Kier molecular flexibility index (Phi) is 5.60. The lowest BCUT2D eigenvalue weighted by atomic mass is 10.2. The predicted octanol–water partition coefficient (Wildman–Crippen LogP) is 0.581. The molecule has 0 radical (unpaired) electrons. The van der Waals surface area contributed by atoms with Crippen molar-refractivity contribution in [3.05, 3.63) is 23.7 Å². The highest BCUT2D eigenvalue weighted by Gasteiger charge is 2.12. The van der Waals surface area contributed by atoms with Crippen molar-refractivity contribution < 1.29 is 19.1 Å². The fourth-order valence-corrected chi connectivity index (χ4v) is 1.32. The Morgan fingerprint density at radius 1 is 1.56 bits per heavy atom. The number of aryl methyl sites for hydroxylation is 1. The van der Waals surface area contributed by atoms with Crippen LogP contribution in [0.15, 0.2) is 16.7 Å². The minimum absolute atomic E-state index is 0.00431. The van der Waals surface area contributed by atoms with Crippen LogP contribution in [0.5, 0.6) is 0 Å². The predicted molar refractivity (Wildman–Crippen MR) is 58.3 cm³/mol. The lowest BCUT2D eigenvalue weighted by Crippen LogP contribution is -2.27. The summed E-state index contributed by atoms with van der Waals surface area (Å²) in [5.41, 5.74) is 0.574. The molecule has 1 rings (SSSR count). The largest absolute Gasteiger partial charge is 0.469 e. The van der Waals surface area contributed by atoms with Gasteiger partial charge in [0.15, 0.2) is 0 Å². The fourth-order valence-electron chi connectivity index (χ4n) is 1.32. The zero-order valence-electron chi connectivity index (χ0n) is 9.36. The molecule has 0 saturated heterocycles. The number of furan rings is 1. The number of ether oxygens (including phenoxy) is 1. The van der Waals surface area contributed by atoms with E-state index in [1.807, 2.05) is 6.92 Å². The second-order valence-corrected chi connectivity index (χ2v) is 3.20. The number of hydrogen-bond donors (Lipinski definition) is 2. The molecule has 2 N–H and O–H groups in total. The topological polar surface area (TPSA) is 71.7 Å². The second-order valence-electron chi connectivity index (χ2n) is 3.20. The number of amides is 1. The van der Waals surface area contributed by atoms with E-state index in [4.69, 9.17) is 14.3 Å². The molecule has 0 aromatic carbocycles. The Hall–Kier alpha value is -1.33. The molecule has 0 bridgehead atoms. The fraction of sp³-hybridized carbons (Fsp3) is 0.545. The molecule has 0 spiro atoms. The van der Waals surface area contributed by atoms with Gasteiger partial charge in [-0.3, -0.25) is 4.79 Å². The van der Waals surface area contributed by atoms with Crippen molar-refractivity contribution >= 4 is 5.91 Å². The first-order chi connectivity index (χ1) is 7.79. The summed E-state index contributed by atoms with van der Waals surface area (Å²) in [6.45, 7) is 3.04. The molecule has 0 aliphatic heterocycles. The number of aliphatic hydroxyl groups excluding tert-OH is 1. The van der Waals surface area contributed by atoms with E-state index in [1.54, 1.807) is 6.07 Å². The van der Waals surface area contributed by atoms with Crippen LogP contribution >= 0.6 is 0 Å². The quantitative estimate of drug-likeness (QED) is 0.668. The number of nitrogens with one attached hydrogen (secondary N) is 1. The van der Waals surface area contributed by atoms with Crippen LogP contribution in [0.25, 0.3) is 0 Å². The van der Waals surface area contributed by atoms with E-state index in [0.29, 0.717) is 37.5 Å². The van der Waals surface area contributed by atoms with Gasteiger partial charge in [-0.2, -0.15) is 0 Å². The molecule has 90 valence electrons. The van der Waals surface area contributed by atoms with E-state index >= 15 is 0 Å². The Morgan fingerprint density at radius 3 is 3.06 bits per heavy atom. The van der Waals surface area contributed by atoms with E-state index in [0.717, 1.165) is 0 Å². The SMILES string of the molecule is CCc1occc1C(=O)NCCOCCO. The number of carbonyl (C=O) groups excluding carboxylic acids is 1. The zero-order valence-corrected chi connectivity index (χ0v) is 9.36. The highest BCUT2D eigenvalue weighted by Crippen LogP contribution is 2.10. The van der Waals surface area contributed by atoms with Crippen LogP contribution in [-0.4, -0.2) is 37.4 Å². The first kappa shape index (κ1) is 12.7. The Balaban J connectivity index is 2.30. The maximum atomic E-state index is 11.6. The van der Waals surface area contributed by atoms with Crippen molar-refractivity contribution in [2.75, 3.05) is 26.4 Å². The van der Waals surface area contributed by atoms with Gasteiger partial charge in [-0.25, -0.2) is 0 Å². The van der Waals surface area contributed by atoms with Crippen molar-refractivity contribution in [1.82, 2.24) is 5.32 Å². The second kappa shape index (κ2) is 7.03. The summed E-state index contributed by atoms with van der Waals surface area (Å²) in [4.78, 5) is 11.6. The number of aliphatic hydroxyl groups is 1. The van der Waals surface area contributed by atoms with Gasteiger partial charge in [-0.05, 0) is 6.07 Å². The van der Waals surface area contributed by atoms with Gasteiger partial charge >= 0.3 is 0 Å². The highest BCUT2D eigenvalue weighted by molar-refractivity contribution is 5.95. The summed E-state index contributed by atoms with van der Waals surface area (Å²) in [6.07, 6.45) is 2.20. The maximum absolute atomic E-state index is 11.6. The average molecular weight is 227 g/mol. The third kappa shape index (κ3) is 3.67.